The minimum atomic E-state index is -0.0312. The quantitative estimate of drug-likeness (QED) is 0.0571. The molecule has 0 aromatic heterocycles. The first-order chi connectivity index (χ1) is 32.3. The standard InChI is InChI=1S/C61H121O4/c1-4-7-10-13-16-19-22-25-28-31-34-37-40-43-46-49-52-63-59-55-58(57-62)56-60(64-53-50-47-44-41-38-35-32-29-26-23-20-17-14-11-8-5-2)61(59)65-54-51-48-45-42-39-36-33-30-27-24-21-18-15-12-9-6-3/h58-61H,4-57H2,1-3H3. The maximum atomic E-state index is 12.3. The van der Waals surface area contributed by atoms with Gasteiger partial charge in [0.25, 0.3) is 0 Å². The van der Waals surface area contributed by atoms with Crippen molar-refractivity contribution in [3.05, 3.63) is 0 Å². The molecule has 1 saturated carbocycles. The second kappa shape index (κ2) is 53.2. The van der Waals surface area contributed by atoms with E-state index >= 15 is 0 Å². The summed E-state index contributed by atoms with van der Waals surface area (Å²) in [6.45, 7) is 9.27. The van der Waals surface area contributed by atoms with Crippen LogP contribution in [0.3, 0.4) is 0 Å². The van der Waals surface area contributed by atoms with Gasteiger partial charge < -0.3 is 14.2 Å². The van der Waals surface area contributed by atoms with Crippen LogP contribution in [0.2, 0.25) is 0 Å². The first kappa shape index (κ1) is 62.9. The first-order valence-electron chi connectivity index (χ1n) is 30.7. The Morgan fingerprint density at radius 2 is 0.446 bits per heavy atom. The van der Waals surface area contributed by atoms with Crippen molar-refractivity contribution in [1.82, 2.24) is 0 Å². The van der Waals surface area contributed by atoms with Gasteiger partial charge in [0, 0.05) is 19.8 Å². The normalized spacial score (nSPS) is 17.7. The molecule has 1 rings (SSSR count). The highest BCUT2D eigenvalue weighted by Gasteiger charge is 2.40. The first-order valence-corrected chi connectivity index (χ1v) is 30.7. The van der Waals surface area contributed by atoms with Crippen LogP contribution in [0.4, 0.5) is 0 Å². The molecule has 0 saturated heterocycles. The van der Waals surface area contributed by atoms with Crippen LogP contribution < -0.4 is 0 Å². The van der Waals surface area contributed by atoms with E-state index in [0.717, 1.165) is 51.9 Å². The second-order valence-electron chi connectivity index (χ2n) is 21.6. The van der Waals surface area contributed by atoms with Crippen LogP contribution in [-0.2, 0) is 19.3 Å². The molecule has 1 radical (unpaired) electrons. The Morgan fingerprint density at radius 1 is 0.262 bits per heavy atom. The van der Waals surface area contributed by atoms with E-state index in [1.54, 1.807) is 0 Å². The third-order valence-corrected chi connectivity index (χ3v) is 15.1. The number of unbranched alkanes of at least 4 members (excludes halogenated alkanes) is 45. The predicted molar refractivity (Wildman–Crippen MR) is 286 cm³/mol. The predicted octanol–water partition coefficient (Wildman–Crippen LogP) is 20.8. The van der Waals surface area contributed by atoms with E-state index in [4.69, 9.17) is 14.2 Å². The summed E-state index contributed by atoms with van der Waals surface area (Å²) < 4.78 is 20.0. The molecule has 2 unspecified atom stereocenters. The maximum absolute atomic E-state index is 12.3. The van der Waals surface area contributed by atoms with E-state index < -0.39 is 0 Å². The fraction of sp³-hybridized carbons (Fsp3) is 1.00. The second-order valence-corrected chi connectivity index (χ2v) is 21.6. The fourth-order valence-corrected chi connectivity index (χ4v) is 10.6. The highest BCUT2D eigenvalue weighted by atomic mass is 16.6. The Morgan fingerprint density at radius 3 is 0.646 bits per heavy atom. The van der Waals surface area contributed by atoms with Gasteiger partial charge in [-0.2, -0.15) is 0 Å². The van der Waals surface area contributed by atoms with Crippen LogP contribution in [0, 0.1) is 5.92 Å². The molecule has 0 amide bonds. The van der Waals surface area contributed by atoms with Gasteiger partial charge in [-0.3, -0.25) is 0 Å². The van der Waals surface area contributed by atoms with Crippen molar-refractivity contribution in [2.24, 2.45) is 5.92 Å². The van der Waals surface area contributed by atoms with Gasteiger partial charge in [0.15, 0.2) is 0 Å². The van der Waals surface area contributed by atoms with E-state index in [1.807, 2.05) is 0 Å². The van der Waals surface area contributed by atoms with Gasteiger partial charge in [-0.05, 0) is 38.0 Å². The van der Waals surface area contributed by atoms with Gasteiger partial charge in [0.1, 0.15) is 6.10 Å². The molecule has 0 bridgehead atoms. The summed E-state index contributed by atoms with van der Waals surface area (Å²) in [5.41, 5.74) is 0. The molecule has 0 aliphatic heterocycles. The van der Waals surface area contributed by atoms with Gasteiger partial charge in [-0.25, -0.2) is 5.11 Å². The Bertz CT molecular complexity index is 817. The Kier molecular flexibility index (Phi) is 51.4. The minimum absolute atomic E-state index is 0.00380. The maximum Gasteiger partial charge on any atom is 0.110 e. The van der Waals surface area contributed by atoms with Crippen LogP contribution >= 0.6 is 0 Å². The van der Waals surface area contributed by atoms with E-state index in [-0.39, 0.29) is 30.8 Å². The zero-order valence-corrected chi connectivity index (χ0v) is 45.1. The molecule has 0 aromatic carbocycles. The smallest absolute Gasteiger partial charge is 0.110 e. The van der Waals surface area contributed by atoms with Crippen molar-refractivity contribution in [2.45, 2.75) is 360 Å². The zero-order valence-electron chi connectivity index (χ0n) is 45.1. The number of hydrogen-bond acceptors (Lipinski definition) is 3. The zero-order chi connectivity index (χ0) is 46.6. The summed E-state index contributed by atoms with van der Waals surface area (Å²) in [6.07, 6.45) is 68.1. The summed E-state index contributed by atoms with van der Waals surface area (Å²) >= 11 is 0. The van der Waals surface area contributed by atoms with Crippen LogP contribution in [0.15, 0.2) is 0 Å². The van der Waals surface area contributed by atoms with E-state index in [2.05, 4.69) is 20.8 Å². The number of ether oxygens (including phenoxy) is 3. The van der Waals surface area contributed by atoms with Crippen molar-refractivity contribution >= 4 is 0 Å². The van der Waals surface area contributed by atoms with Crippen LogP contribution in [0.1, 0.15) is 342 Å². The van der Waals surface area contributed by atoms with Crippen LogP contribution in [-0.4, -0.2) is 44.7 Å². The SMILES string of the molecule is CCCCCCCCCCCCCCCCCCOC1CC(C[O])CC(OCCCCCCCCCCCCCCCCCC)C1OCCCCCCCCCCCCCCCCCC. The Labute approximate surface area is 410 Å². The topological polar surface area (TPSA) is 47.6 Å². The van der Waals surface area contributed by atoms with Crippen molar-refractivity contribution in [3.8, 4) is 0 Å². The molecule has 4 heteroatoms. The molecule has 0 aromatic rings. The molecule has 65 heavy (non-hydrogen) atoms. The number of hydrogen-bond donors (Lipinski definition) is 0. The summed E-state index contributed by atoms with van der Waals surface area (Å²) in [5.74, 6) is 0.136. The summed E-state index contributed by atoms with van der Waals surface area (Å²) in [5, 5.41) is 12.3. The monoisotopic (exact) mass is 918 g/mol. The van der Waals surface area contributed by atoms with Gasteiger partial charge in [-0.15, -0.1) is 0 Å². The molecule has 0 heterocycles. The van der Waals surface area contributed by atoms with Gasteiger partial charge in [0.05, 0.1) is 18.8 Å². The third kappa shape index (κ3) is 43.6. The van der Waals surface area contributed by atoms with E-state index in [0.29, 0.717) is 0 Å². The van der Waals surface area contributed by atoms with Crippen molar-refractivity contribution < 1.29 is 19.3 Å². The molecule has 0 N–H and O–H groups in total. The lowest BCUT2D eigenvalue weighted by atomic mass is 9.83. The lowest BCUT2D eigenvalue weighted by Gasteiger charge is -2.40. The molecular weight excluding hydrogens is 797 g/mol. The summed E-state index contributed by atoms with van der Waals surface area (Å²) in [4.78, 5) is 0. The van der Waals surface area contributed by atoms with Crippen molar-refractivity contribution in [1.29, 1.82) is 0 Å². The lowest BCUT2D eigenvalue weighted by Crippen LogP contribution is -2.49. The highest BCUT2D eigenvalue weighted by Crippen LogP contribution is 2.32. The van der Waals surface area contributed by atoms with Crippen LogP contribution in [0.5, 0.6) is 0 Å². The fourth-order valence-electron chi connectivity index (χ4n) is 10.6. The minimum Gasteiger partial charge on any atom is -0.375 e. The summed E-state index contributed by atoms with van der Waals surface area (Å²) in [6, 6.07) is 0. The van der Waals surface area contributed by atoms with Gasteiger partial charge >= 0.3 is 0 Å². The molecule has 1 aliphatic carbocycles. The molecule has 1 fully saturated rings. The molecule has 4 nitrogen and oxygen atoms in total. The van der Waals surface area contributed by atoms with Crippen LogP contribution in [0.25, 0.3) is 0 Å². The number of rotatable bonds is 55. The molecule has 1 aliphatic rings. The van der Waals surface area contributed by atoms with E-state index in [1.165, 1.54) is 289 Å². The van der Waals surface area contributed by atoms with Gasteiger partial charge in [-0.1, -0.05) is 310 Å². The van der Waals surface area contributed by atoms with E-state index in [9.17, 15) is 5.11 Å². The molecular formula is C61H121O4. The van der Waals surface area contributed by atoms with Crippen molar-refractivity contribution in [2.75, 3.05) is 26.4 Å². The molecule has 389 valence electrons. The highest BCUT2D eigenvalue weighted by molar-refractivity contribution is 4.89. The Balaban J connectivity index is 2.34. The summed E-state index contributed by atoms with van der Waals surface area (Å²) in [7, 11) is 0. The van der Waals surface area contributed by atoms with Gasteiger partial charge in [0.2, 0.25) is 0 Å². The average Bonchev–Trinajstić information content (AvgIpc) is 3.32. The Hall–Kier alpha value is -0.160. The lowest BCUT2D eigenvalue weighted by molar-refractivity contribution is -0.174. The largest absolute Gasteiger partial charge is 0.375 e. The third-order valence-electron chi connectivity index (χ3n) is 15.1. The molecule has 0 spiro atoms. The average molecular weight is 919 g/mol. The molecule has 2 atom stereocenters. The van der Waals surface area contributed by atoms with Crippen molar-refractivity contribution in [3.63, 3.8) is 0 Å².